The maximum Gasteiger partial charge on any atom is 0.407 e. The molecule has 0 fully saturated rings. The standard InChI is InChI=1S/C28H36N2O5/c1-6-17(2)15-23(26(32)33)29-25(31)24(28(3,4)5)30-27(34)35-16-22-20-13-9-7-11-18(20)19-12-8-10-14-21(19)22/h7-14,17,22-24H,6,15-16H2,1-5H3,(H,29,31)(H,30,34)(H,32,33)/t17?,23?,24-/m0/s1. The van der Waals surface area contributed by atoms with E-state index in [-0.39, 0.29) is 18.4 Å². The number of carboxylic acid groups (broad SMARTS) is 1. The normalized spacial score (nSPS) is 15.3. The maximum absolute atomic E-state index is 13.1. The van der Waals surface area contributed by atoms with Gasteiger partial charge in [-0.05, 0) is 40.0 Å². The van der Waals surface area contributed by atoms with Crippen LogP contribution in [0.2, 0.25) is 0 Å². The van der Waals surface area contributed by atoms with Gasteiger partial charge in [-0.15, -0.1) is 0 Å². The number of nitrogens with one attached hydrogen (secondary N) is 2. The molecular weight excluding hydrogens is 444 g/mol. The number of carbonyl (C=O) groups excluding carboxylic acids is 2. The number of hydrogen-bond acceptors (Lipinski definition) is 4. The predicted octanol–water partition coefficient (Wildman–Crippen LogP) is 4.95. The number of ether oxygens (including phenoxy) is 1. The fourth-order valence-corrected chi connectivity index (χ4v) is 4.48. The van der Waals surface area contributed by atoms with Crippen LogP contribution in [-0.2, 0) is 14.3 Å². The van der Waals surface area contributed by atoms with Gasteiger partial charge in [0.25, 0.3) is 0 Å². The molecule has 1 aliphatic rings. The molecule has 3 atom stereocenters. The van der Waals surface area contributed by atoms with Crippen molar-refractivity contribution in [1.82, 2.24) is 10.6 Å². The summed E-state index contributed by atoms with van der Waals surface area (Å²) in [5, 5.41) is 14.9. The molecule has 0 saturated heterocycles. The third-order valence-corrected chi connectivity index (χ3v) is 6.68. The van der Waals surface area contributed by atoms with Gasteiger partial charge in [-0.1, -0.05) is 89.6 Å². The van der Waals surface area contributed by atoms with Gasteiger partial charge in [-0.25, -0.2) is 9.59 Å². The summed E-state index contributed by atoms with van der Waals surface area (Å²) in [6.45, 7) is 9.48. The van der Waals surface area contributed by atoms with Crippen LogP contribution >= 0.6 is 0 Å². The van der Waals surface area contributed by atoms with Crippen molar-refractivity contribution in [2.75, 3.05) is 6.61 Å². The van der Waals surface area contributed by atoms with Crippen LogP contribution in [0, 0.1) is 11.3 Å². The molecule has 0 bridgehead atoms. The van der Waals surface area contributed by atoms with E-state index in [0.29, 0.717) is 6.42 Å². The number of alkyl carbamates (subject to hydrolysis) is 1. The Morgan fingerprint density at radius 2 is 1.51 bits per heavy atom. The smallest absolute Gasteiger partial charge is 0.407 e. The quantitative estimate of drug-likeness (QED) is 0.471. The molecule has 7 nitrogen and oxygen atoms in total. The molecule has 3 rings (SSSR count). The molecule has 0 spiro atoms. The van der Waals surface area contributed by atoms with Crippen LogP contribution < -0.4 is 10.6 Å². The largest absolute Gasteiger partial charge is 0.480 e. The highest BCUT2D eigenvalue weighted by Crippen LogP contribution is 2.44. The maximum atomic E-state index is 13.1. The number of hydrogen-bond donors (Lipinski definition) is 3. The number of carboxylic acids is 1. The van der Waals surface area contributed by atoms with Crippen molar-refractivity contribution < 1.29 is 24.2 Å². The fraction of sp³-hybridized carbons (Fsp3) is 0.464. The molecule has 2 amide bonds. The lowest BCUT2D eigenvalue weighted by Crippen LogP contribution is -2.56. The zero-order valence-electron chi connectivity index (χ0n) is 21.1. The summed E-state index contributed by atoms with van der Waals surface area (Å²) in [5.74, 6) is -1.59. The first-order chi connectivity index (χ1) is 16.5. The van der Waals surface area contributed by atoms with E-state index in [1.807, 2.05) is 71.0 Å². The molecule has 35 heavy (non-hydrogen) atoms. The summed E-state index contributed by atoms with van der Waals surface area (Å²) in [6.07, 6.45) is 0.412. The second-order valence-electron chi connectivity index (χ2n) is 10.4. The Morgan fingerprint density at radius 3 is 2.00 bits per heavy atom. The Bertz CT molecular complexity index is 1030. The molecular formula is C28H36N2O5. The number of fused-ring (bicyclic) bond motifs is 3. The van der Waals surface area contributed by atoms with Crippen molar-refractivity contribution in [3.63, 3.8) is 0 Å². The minimum Gasteiger partial charge on any atom is -0.480 e. The van der Waals surface area contributed by atoms with E-state index < -0.39 is 35.5 Å². The zero-order chi connectivity index (χ0) is 25.8. The van der Waals surface area contributed by atoms with Crippen molar-refractivity contribution in [3.8, 4) is 11.1 Å². The molecule has 0 saturated carbocycles. The highest BCUT2D eigenvalue weighted by molar-refractivity contribution is 5.90. The minimum absolute atomic E-state index is 0.0954. The van der Waals surface area contributed by atoms with Gasteiger partial charge in [-0.3, -0.25) is 4.79 Å². The van der Waals surface area contributed by atoms with Crippen molar-refractivity contribution in [3.05, 3.63) is 59.7 Å². The monoisotopic (exact) mass is 480 g/mol. The van der Waals surface area contributed by atoms with E-state index in [2.05, 4.69) is 22.8 Å². The van der Waals surface area contributed by atoms with Gasteiger partial charge in [0, 0.05) is 5.92 Å². The molecule has 0 heterocycles. The molecule has 3 N–H and O–H groups in total. The van der Waals surface area contributed by atoms with E-state index in [1.54, 1.807) is 0 Å². The first-order valence-electron chi connectivity index (χ1n) is 12.2. The molecule has 7 heteroatoms. The fourth-order valence-electron chi connectivity index (χ4n) is 4.48. The number of benzene rings is 2. The van der Waals surface area contributed by atoms with Crippen molar-refractivity contribution in [1.29, 1.82) is 0 Å². The number of amides is 2. The first kappa shape index (κ1) is 26.3. The SMILES string of the molecule is CCC(C)CC(NC(=O)[C@H](NC(=O)OCC1c2ccccc2-c2ccccc21)C(C)(C)C)C(=O)O. The molecule has 0 aliphatic heterocycles. The second kappa shape index (κ2) is 10.9. The highest BCUT2D eigenvalue weighted by atomic mass is 16.5. The Morgan fingerprint density at radius 1 is 0.971 bits per heavy atom. The van der Waals surface area contributed by atoms with Gasteiger partial charge in [0.05, 0.1) is 0 Å². The molecule has 2 unspecified atom stereocenters. The summed E-state index contributed by atoms with van der Waals surface area (Å²) >= 11 is 0. The van der Waals surface area contributed by atoms with E-state index in [0.717, 1.165) is 28.7 Å². The molecule has 2 aromatic carbocycles. The van der Waals surface area contributed by atoms with E-state index in [9.17, 15) is 19.5 Å². The van der Waals surface area contributed by atoms with Gasteiger partial charge in [0.15, 0.2) is 0 Å². The van der Waals surface area contributed by atoms with Crippen LogP contribution in [0.4, 0.5) is 4.79 Å². The lowest BCUT2D eigenvalue weighted by molar-refractivity contribution is -0.143. The van der Waals surface area contributed by atoms with Gasteiger partial charge in [0.1, 0.15) is 18.7 Å². The molecule has 2 aromatic rings. The number of carbonyl (C=O) groups is 3. The molecule has 1 aliphatic carbocycles. The summed E-state index contributed by atoms with van der Waals surface area (Å²) < 4.78 is 5.60. The van der Waals surface area contributed by atoms with E-state index in [4.69, 9.17) is 4.74 Å². The Labute approximate surface area is 207 Å². The van der Waals surface area contributed by atoms with Gasteiger partial charge >= 0.3 is 12.1 Å². The lowest BCUT2D eigenvalue weighted by atomic mass is 9.86. The van der Waals surface area contributed by atoms with Crippen LogP contribution in [0.15, 0.2) is 48.5 Å². The average Bonchev–Trinajstić information content (AvgIpc) is 3.13. The zero-order valence-corrected chi connectivity index (χ0v) is 21.1. The molecule has 0 aromatic heterocycles. The van der Waals surface area contributed by atoms with E-state index >= 15 is 0 Å². The lowest BCUT2D eigenvalue weighted by Gasteiger charge is -2.31. The van der Waals surface area contributed by atoms with Crippen LogP contribution in [0.25, 0.3) is 11.1 Å². The summed E-state index contributed by atoms with van der Waals surface area (Å²) in [6, 6.07) is 14.1. The van der Waals surface area contributed by atoms with Crippen LogP contribution in [0.3, 0.4) is 0 Å². The average molecular weight is 481 g/mol. The highest BCUT2D eigenvalue weighted by Gasteiger charge is 2.36. The second-order valence-corrected chi connectivity index (χ2v) is 10.4. The van der Waals surface area contributed by atoms with Crippen molar-refractivity contribution in [2.45, 2.75) is 65.5 Å². The predicted molar refractivity (Wildman–Crippen MR) is 135 cm³/mol. The minimum atomic E-state index is -1.09. The van der Waals surface area contributed by atoms with Gasteiger partial charge in [0.2, 0.25) is 5.91 Å². The van der Waals surface area contributed by atoms with Crippen LogP contribution in [-0.4, -0.2) is 41.8 Å². The number of aliphatic carboxylic acids is 1. The Kier molecular flexibility index (Phi) is 8.20. The third-order valence-electron chi connectivity index (χ3n) is 6.68. The van der Waals surface area contributed by atoms with E-state index in [1.165, 1.54) is 0 Å². The van der Waals surface area contributed by atoms with Crippen LogP contribution in [0.1, 0.15) is 64.5 Å². The van der Waals surface area contributed by atoms with Gasteiger partial charge in [-0.2, -0.15) is 0 Å². The summed E-state index contributed by atoms with van der Waals surface area (Å²) in [7, 11) is 0. The van der Waals surface area contributed by atoms with Gasteiger partial charge < -0.3 is 20.5 Å². The van der Waals surface area contributed by atoms with Crippen molar-refractivity contribution in [2.24, 2.45) is 11.3 Å². The number of rotatable bonds is 9. The Hall–Kier alpha value is -3.35. The molecule has 0 radical (unpaired) electrons. The Balaban J connectivity index is 1.69. The topological polar surface area (TPSA) is 105 Å². The first-order valence-corrected chi connectivity index (χ1v) is 12.2. The third kappa shape index (κ3) is 6.21. The summed E-state index contributed by atoms with van der Waals surface area (Å²) in [5.41, 5.74) is 3.80. The molecule has 188 valence electrons. The van der Waals surface area contributed by atoms with Crippen molar-refractivity contribution >= 4 is 18.0 Å². The summed E-state index contributed by atoms with van der Waals surface area (Å²) in [4.78, 5) is 37.6. The van der Waals surface area contributed by atoms with Crippen LogP contribution in [0.5, 0.6) is 0 Å².